The van der Waals surface area contributed by atoms with E-state index in [2.05, 4.69) is 52.6 Å². The first kappa shape index (κ1) is 16.7. The predicted molar refractivity (Wildman–Crippen MR) is 87.9 cm³/mol. The van der Waals surface area contributed by atoms with Crippen molar-refractivity contribution >= 4 is 8.32 Å². The van der Waals surface area contributed by atoms with Gasteiger partial charge in [-0.05, 0) is 42.8 Å². The van der Waals surface area contributed by atoms with E-state index < -0.39 is 8.32 Å². The zero-order valence-electron chi connectivity index (χ0n) is 13.5. The molecule has 2 atom stereocenters. The van der Waals surface area contributed by atoms with Gasteiger partial charge in [-0.15, -0.1) is 0 Å². The number of hydrogen-bond donors (Lipinski definition) is 0. The van der Waals surface area contributed by atoms with Crippen molar-refractivity contribution < 1.29 is 4.43 Å². The van der Waals surface area contributed by atoms with Gasteiger partial charge in [0.25, 0.3) is 0 Å². The van der Waals surface area contributed by atoms with E-state index in [4.69, 9.17) is 4.43 Å². The van der Waals surface area contributed by atoms with Crippen molar-refractivity contribution in [2.45, 2.75) is 64.6 Å². The van der Waals surface area contributed by atoms with Crippen LogP contribution in [0, 0.1) is 11.8 Å². The number of rotatable bonds is 5. The van der Waals surface area contributed by atoms with Crippen molar-refractivity contribution in [3.63, 3.8) is 0 Å². The third-order valence-electron chi connectivity index (χ3n) is 4.93. The van der Waals surface area contributed by atoms with Gasteiger partial charge in [0.2, 0.25) is 0 Å². The topological polar surface area (TPSA) is 9.23 Å². The Kier molecular flexibility index (Phi) is 6.06. The average Bonchev–Trinajstić information content (AvgIpc) is 2.33. The minimum atomic E-state index is -1.59. The fourth-order valence-electron chi connectivity index (χ4n) is 2.45. The molecule has 1 rings (SSSR count). The molecular formula is C17H32OSi. The van der Waals surface area contributed by atoms with Gasteiger partial charge in [0, 0.05) is 6.61 Å². The van der Waals surface area contributed by atoms with Crippen LogP contribution in [0.1, 0.15) is 46.5 Å². The summed E-state index contributed by atoms with van der Waals surface area (Å²) in [6.45, 7) is 16.4. The minimum Gasteiger partial charge on any atom is -0.417 e. The second kappa shape index (κ2) is 6.89. The van der Waals surface area contributed by atoms with Crippen LogP contribution in [-0.2, 0) is 4.43 Å². The van der Waals surface area contributed by atoms with Gasteiger partial charge in [0.05, 0.1) is 0 Å². The van der Waals surface area contributed by atoms with Crippen molar-refractivity contribution in [2.75, 3.05) is 6.61 Å². The first-order chi connectivity index (χ1) is 8.78. The Morgan fingerprint density at radius 2 is 1.84 bits per heavy atom. The predicted octanol–water partition coefficient (Wildman–Crippen LogP) is 5.56. The SMILES string of the molecule is C=C/C=C/[C@@H]1CCCC[C@@H]1CO[Si](C)(C)C(C)(C)C. The van der Waals surface area contributed by atoms with Crippen LogP contribution in [0.3, 0.4) is 0 Å². The number of allylic oxidation sites excluding steroid dienone is 3. The highest BCUT2D eigenvalue weighted by Crippen LogP contribution is 2.38. The molecule has 1 nitrogen and oxygen atoms in total. The van der Waals surface area contributed by atoms with Crippen LogP contribution in [0.4, 0.5) is 0 Å². The zero-order chi connectivity index (χ0) is 14.5. The van der Waals surface area contributed by atoms with Gasteiger partial charge >= 0.3 is 0 Å². The van der Waals surface area contributed by atoms with Crippen LogP contribution >= 0.6 is 0 Å². The number of hydrogen-bond acceptors (Lipinski definition) is 1. The maximum Gasteiger partial charge on any atom is 0.191 e. The Balaban J connectivity index is 2.58. The lowest BCUT2D eigenvalue weighted by molar-refractivity contribution is 0.162. The summed E-state index contributed by atoms with van der Waals surface area (Å²) in [7, 11) is -1.59. The molecule has 0 aromatic heterocycles. The van der Waals surface area contributed by atoms with Crippen LogP contribution in [0.5, 0.6) is 0 Å². The van der Waals surface area contributed by atoms with E-state index in [0.717, 1.165) is 6.61 Å². The van der Waals surface area contributed by atoms with Crippen LogP contribution in [0.2, 0.25) is 18.1 Å². The van der Waals surface area contributed by atoms with E-state index in [1.807, 2.05) is 6.08 Å². The van der Waals surface area contributed by atoms with E-state index in [1.165, 1.54) is 25.7 Å². The summed E-state index contributed by atoms with van der Waals surface area (Å²) in [6, 6.07) is 0. The Morgan fingerprint density at radius 3 is 2.42 bits per heavy atom. The van der Waals surface area contributed by atoms with Gasteiger partial charge in [0.1, 0.15) is 0 Å². The molecule has 0 aromatic rings. The van der Waals surface area contributed by atoms with E-state index in [0.29, 0.717) is 16.9 Å². The van der Waals surface area contributed by atoms with Gasteiger partial charge in [-0.3, -0.25) is 0 Å². The lowest BCUT2D eigenvalue weighted by atomic mass is 9.79. The van der Waals surface area contributed by atoms with Gasteiger partial charge in [0.15, 0.2) is 8.32 Å². The first-order valence-corrected chi connectivity index (χ1v) is 10.6. The highest BCUT2D eigenvalue weighted by Gasteiger charge is 2.38. The van der Waals surface area contributed by atoms with Crippen LogP contribution in [0.15, 0.2) is 24.8 Å². The van der Waals surface area contributed by atoms with E-state index >= 15 is 0 Å². The van der Waals surface area contributed by atoms with Gasteiger partial charge in [-0.2, -0.15) is 0 Å². The van der Waals surface area contributed by atoms with Crippen molar-refractivity contribution in [3.8, 4) is 0 Å². The molecule has 110 valence electrons. The summed E-state index contributed by atoms with van der Waals surface area (Å²) in [5.41, 5.74) is 0. The summed E-state index contributed by atoms with van der Waals surface area (Å²) in [5, 5.41) is 0.314. The molecule has 0 saturated heterocycles. The molecule has 0 unspecified atom stereocenters. The molecule has 1 fully saturated rings. The highest BCUT2D eigenvalue weighted by molar-refractivity contribution is 6.74. The largest absolute Gasteiger partial charge is 0.417 e. The Labute approximate surface area is 121 Å². The zero-order valence-corrected chi connectivity index (χ0v) is 14.5. The van der Waals surface area contributed by atoms with Crippen molar-refractivity contribution in [2.24, 2.45) is 11.8 Å². The molecule has 0 bridgehead atoms. The lowest BCUT2D eigenvalue weighted by Gasteiger charge is -2.39. The van der Waals surface area contributed by atoms with E-state index in [1.54, 1.807) is 0 Å². The minimum absolute atomic E-state index is 0.314. The van der Waals surface area contributed by atoms with Crippen LogP contribution in [-0.4, -0.2) is 14.9 Å². The summed E-state index contributed by atoms with van der Waals surface area (Å²) in [5.74, 6) is 1.40. The van der Waals surface area contributed by atoms with Crippen LogP contribution < -0.4 is 0 Å². The highest BCUT2D eigenvalue weighted by atomic mass is 28.4. The van der Waals surface area contributed by atoms with Crippen molar-refractivity contribution in [1.82, 2.24) is 0 Å². The average molecular weight is 281 g/mol. The molecule has 0 heterocycles. The molecule has 0 aliphatic heterocycles. The van der Waals surface area contributed by atoms with E-state index in [9.17, 15) is 0 Å². The summed E-state index contributed by atoms with van der Waals surface area (Å²) in [4.78, 5) is 0. The second-order valence-corrected chi connectivity index (χ2v) is 12.2. The van der Waals surface area contributed by atoms with Crippen molar-refractivity contribution in [1.29, 1.82) is 0 Å². The van der Waals surface area contributed by atoms with E-state index in [-0.39, 0.29) is 0 Å². The third-order valence-corrected chi connectivity index (χ3v) is 9.43. The Bertz CT molecular complexity index is 312. The molecule has 0 N–H and O–H groups in total. The second-order valence-electron chi connectivity index (χ2n) is 7.40. The normalized spacial score (nSPS) is 25.7. The molecule has 1 aliphatic rings. The van der Waals surface area contributed by atoms with Crippen molar-refractivity contribution in [3.05, 3.63) is 24.8 Å². The smallest absolute Gasteiger partial charge is 0.191 e. The molecule has 0 spiro atoms. The molecule has 1 aliphatic carbocycles. The maximum atomic E-state index is 6.42. The quantitative estimate of drug-likeness (QED) is 0.473. The lowest BCUT2D eigenvalue weighted by Crippen LogP contribution is -2.42. The molecule has 0 amide bonds. The molecule has 0 aromatic carbocycles. The monoisotopic (exact) mass is 280 g/mol. The molecule has 0 radical (unpaired) electrons. The van der Waals surface area contributed by atoms with Gasteiger partial charge in [-0.1, -0.05) is 58.4 Å². The fourth-order valence-corrected chi connectivity index (χ4v) is 3.51. The molecule has 19 heavy (non-hydrogen) atoms. The summed E-state index contributed by atoms with van der Waals surface area (Å²) < 4.78 is 6.42. The van der Waals surface area contributed by atoms with Crippen LogP contribution in [0.25, 0.3) is 0 Å². The Hall–Kier alpha value is -0.343. The molecule has 2 heteroatoms. The fraction of sp³-hybridized carbons (Fsp3) is 0.765. The Morgan fingerprint density at radius 1 is 1.21 bits per heavy atom. The third kappa shape index (κ3) is 4.92. The van der Waals surface area contributed by atoms with Gasteiger partial charge < -0.3 is 4.43 Å². The molecule has 1 saturated carbocycles. The first-order valence-electron chi connectivity index (χ1n) is 7.71. The standard InChI is InChI=1S/C17H32OSi/c1-7-8-11-15-12-9-10-13-16(15)14-18-19(5,6)17(2,3)4/h7-8,11,15-16H,1,9-10,12-14H2,2-6H3/b11-8+/t15-,16-/m1/s1. The summed E-state index contributed by atoms with van der Waals surface area (Å²) in [6.07, 6.45) is 11.7. The molecular weight excluding hydrogens is 248 g/mol. The van der Waals surface area contributed by atoms with Gasteiger partial charge in [-0.25, -0.2) is 0 Å². The maximum absolute atomic E-state index is 6.42. The summed E-state index contributed by atoms with van der Waals surface area (Å²) >= 11 is 0.